The number of para-hydroxylation sites is 4. The maximum absolute atomic E-state index is 4.43. The molecule has 3 aliphatic rings. The number of hydrogen-bond acceptors (Lipinski definition) is 0. The second kappa shape index (κ2) is 14.7. The summed E-state index contributed by atoms with van der Waals surface area (Å²) < 4.78 is 7.46. The zero-order chi connectivity index (χ0) is 49.2. The van der Waals surface area contributed by atoms with Crippen molar-refractivity contribution in [1.29, 1.82) is 0 Å². The number of rotatable bonds is 5. The lowest BCUT2D eigenvalue weighted by molar-refractivity contribution is 0.630. The molecule has 1 unspecified atom stereocenters. The van der Waals surface area contributed by atoms with E-state index in [9.17, 15) is 0 Å². The molecule has 16 rings (SSSR count). The van der Waals surface area contributed by atoms with Gasteiger partial charge >= 0.3 is 0 Å². The molecular weight excluding hydrogens is 895 g/mol. The standard InChI is InChI=1S/C71H49N3/c1-5-19-57-47(6-2)48-22-10-13-26-58(48)71(57)59-27-14-11-23-49(59)52-41-56-54-39-44(43-33-36-66-53(38-43)51-25-18-29-61-69(51)74(66)67-31-17-15-28-60(67)70(61,3)4)32-35-64(54)73(68(56)42-62(52)71)46-34-37-65-55(40-46)50-24-12-16-30-63(50)72(65)45-20-8-7-9-21-45/h5-42H,2H2,1,3-4H3/b19-5-. The minimum atomic E-state index is -0.530. The molecule has 13 aromatic rings. The minimum absolute atomic E-state index is 0.119. The Balaban J connectivity index is 0.986. The monoisotopic (exact) mass is 943 g/mol. The molecule has 4 heterocycles. The van der Waals surface area contributed by atoms with E-state index in [1.807, 2.05) is 0 Å². The number of fused-ring (bicyclic) bond motifs is 18. The van der Waals surface area contributed by atoms with E-state index in [2.05, 4.69) is 272 Å². The second-order valence-electron chi connectivity index (χ2n) is 21.2. The maximum Gasteiger partial charge on any atom is 0.0726 e. The van der Waals surface area contributed by atoms with Crippen LogP contribution < -0.4 is 0 Å². The Bertz CT molecular complexity index is 4710. The molecule has 0 saturated carbocycles. The van der Waals surface area contributed by atoms with Crippen molar-refractivity contribution < 1.29 is 0 Å². The molecule has 74 heavy (non-hydrogen) atoms. The van der Waals surface area contributed by atoms with Crippen LogP contribution in [-0.4, -0.2) is 13.7 Å². The first-order valence-corrected chi connectivity index (χ1v) is 26.0. The van der Waals surface area contributed by atoms with Crippen LogP contribution in [0.3, 0.4) is 0 Å². The van der Waals surface area contributed by atoms with E-state index < -0.39 is 5.41 Å². The highest BCUT2D eigenvalue weighted by molar-refractivity contribution is 6.16. The Hall–Kier alpha value is -9.18. The summed E-state index contributed by atoms with van der Waals surface area (Å²) >= 11 is 0. The van der Waals surface area contributed by atoms with Crippen molar-refractivity contribution in [3.63, 3.8) is 0 Å². The van der Waals surface area contributed by atoms with Crippen LogP contribution in [0.1, 0.15) is 54.2 Å². The highest BCUT2D eigenvalue weighted by Gasteiger charge is 2.52. The number of hydrogen-bond donors (Lipinski definition) is 0. The van der Waals surface area contributed by atoms with Gasteiger partial charge in [0.15, 0.2) is 0 Å². The molecule has 3 nitrogen and oxygen atoms in total. The first kappa shape index (κ1) is 41.4. The molecule has 1 aliphatic heterocycles. The first-order valence-electron chi connectivity index (χ1n) is 26.0. The van der Waals surface area contributed by atoms with Gasteiger partial charge in [-0.15, -0.1) is 0 Å². The lowest BCUT2D eigenvalue weighted by Crippen LogP contribution is -2.26. The average molecular weight is 944 g/mol. The van der Waals surface area contributed by atoms with Crippen LogP contribution in [0.5, 0.6) is 0 Å². The van der Waals surface area contributed by atoms with E-state index in [0.29, 0.717) is 0 Å². The molecule has 348 valence electrons. The smallest absolute Gasteiger partial charge is 0.0726 e. The Morgan fingerprint density at radius 1 is 0.392 bits per heavy atom. The van der Waals surface area contributed by atoms with E-state index in [1.54, 1.807) is 0 Å². The van der Waals surface area contributed by atoms with Gasteiger partial charge in [-0.1, -0.05) is 172 Å². The fourth-order valence-electron chi connectivity index (χ4n) is 14.3. The molecule has 0 radical (unpaired) electrons. The molecule has 0 bridgehead atoms. The molecule has 2 aliphatic carbocycles. The molecule has 0 fully saturated rings. The van der Waals surface area contributed by atoms with Crippen LogP contribution in [-0.2, 0) is 10.8 Å². The molecule has 0 amide bonds. The quantitative estimate of drug-likeness (QED) is 0.163. The van der Waals surface area contributed by atoms with Gasteiger partial charge in [0, 0.05) is 49.1 Å². The van der Waals surface area contributed by atoms with Gasteiger partial charge in [0.25, 0.3) is 0 Å². The molecule has 3 heteroatoms. The van der Waals surface area contributed by atoms with Gasteiger partial charge in [-0.05, 0) is 153 Å². The van der Waals surface area contributed by atoms with E-state index in [1.165, 1.54) is 138 Å². The maximum atomic E-state index is 4.43. The fourth-order valence-corrected chi connectivity index (χ4v) is 14.3. The van der Waals surface area contributed by atoms with E-state index in [-0.39, 0.29) is 5.41 Å². The zero-order valence-corrected chi connectivity index (χ0v) is 41.5. The van der Waals surface area contributed by atoms with Crippen LogP contribution in [0.2, 0.25) is 0 Å². The largest absolute Gasteiger partial charge is 0.309 e. The third kappa shape index (κ3) is 5.11. The Morgan fingerprint density at radius 2 is 0.959 bits per heavy atom. The molecule has 1 atom stereocenters. The SMILES string of the molecule is C=CC1=C(/C=C\C)C2(c3ccccc31)c1ccccc1-c1cc3c4cc(-c5ccc6c(c5)c5cccc7c5n6-c5ccccc5C7(C)C)ccc4n(-c4ccc5c(c4)c4ccccc4n5-c4ccccc4)c3cc12. The zero-order valence-electron chi connectivity index (χ0n) is 41.5. The van der Waals surface area contributed by atoms with Crippen molar-refractivity contribution in [3.05, 3.63) is 276 Å². The lowest BCUT2D eigenvalue weighted by atomic mass is 9.69. The second-order valence-corrected chi connectivity index (χ2v) is 21.2. The molecule has 3 aromatic heterocycles. The van der Waals surface area contributed by atoms with Crippen LogP contribution in [0.25, 0.3) is 110 Å². The highest BCUT2D eigenvalue weighted by atomic mass is 15.0. The van der Waals surface area contributed by atoms with Gasteiger partial charge < -0.3 is 13.7 Å². The summed E-state index contributed by atoms with van der Waals surface area (Å²) in [6, 6.07) is 80.1. The molecule has 0 saturated heterocycles. The lowest BCUT2D eigenvalue weighted by Gasteiger charge is -2.34. The first-order chi connectivity index (χ1) is 36.4. The van der Waals surface area contributed by atoms with Gasteiger partial charge in [-0.3, -0.25) is 0 Å². The normalized spacial score (nSPS) is 16.1. The van der Waals surface area contributed by atoms with Crippen molar-refractivity contribution in [2.45, 2.75) is 31.6 Å². The van der Waals surface area contributed by atoms with Gasteiger partial charge in [-0.25, -0.2) is 0 Å². The minimum Gasteiger partial charge on any atom is -0.309 e. The highest BCUT2D eigenvalue weighted by Crippen LogP contribution is 2.63. The van der Waals surface area contributed by atoms with Gasteiger partial charge in [0.1, 0.15) is 0 Å². The Kier molecular flexibility index (Phi) is 8.24. The topological polar surface area (TPSA) is 14.8 Å². The number of allylic oxidation sites excluding steroid dienone is 5. The van der Waals surface area contributed by atoms with E-state index in [0.717, 1.165) is 11.4 Å². The summed E-state index contributed by atoms with van der Waals surface area (Å²) in [6.07, 6.45) is 6.61. The van der Waals surface area contributed by atoms with Gasteiger partial charge in [-0.2, -0.15) is 0 Å². The van der Waals surface area contributed by atoms with Crippen LogP contribution >= 0.6 is 0 Å². The third-order valence-corrected chi connectivity index (χ3v) is 17.3. The summed E-state index contributed by atoms with van der Waals surface area (Å²) in [6.45, 7) is 11.3. The predicted octanol–water partition coefficient (Wildman–Crippen LogP) is 18.1. The fraction of sp³-hybridized carbons (Fsp3) is 0.0704. The van der Waals surface area contributed by atoms with Crippen molar-refractivity contribution in [2.75, 3.05) is 0 Å². The van der Waals surface area contributed by atoms with Crippen molar-refractivity contribution >= 4 is 71.0 Å². The van der Waals surface area contributed by atoms with Crippen LogP contribution in [0.15, 0.2) is 243 Å². The summed E-state index contributed by atoms with van der Waals surface area (Å²) in [4.78, 5) is 0. The number of aromatic nitrogens is 3. The van der Waals surface area contributed by atoms with Crippen LogP contribution in [0.4, 0.5) is 0 Å². The number of nitrogens with zero attached hydrogens (tertiary/aromatic N) is 3. The summed E-state index contributed by atoms with van der Waals surface area (Å²) in [5.74, 6) is 0. The van der Waals surface area contributed by atoms with Gasteiger partial charge in [0.05, 0.1) is 44.2 Å². The molecule has 0 N–H and O–H groups in total. The molecular formula is C71H49N3. The summed E-state index contributed by atoms with van der Waals surface area (Å²) in [5.41, 5.74) is 25.5. The van der Waals surface area contributed by atoms with Crippen molar-refractivity contribution in [2.24, 2.45) is 0 Å². The predicted molar refractivity (Wildman–Crippen MR) is 311 cm³/mol. The summed E-state index contributed by atoms with van der Waals surface area (Å²) in [5, 5.41) is 7.50. The third-order valence-electron chi connectivity index (χ3n) is 17.3. The van der Waals surface area contributed by atoms with E-state index >= 15 is 0 Å². The van der Waals surface area contributed by atoms with Crippen molar-refractivity contribution in [1.82, 2.24) is 13.7 Å². The van der Waals surface area contributed by atoms with Crippen molar-refractivity contribution in [3.8, 4) is 39.3 Å². The van der Waals surface area contributed by atoms with Crippen LogP contribution in [0, 0.1) is 0 Å². The Labute approximate surface area is 429 Å². The summed E-state index contributed by atoms with van der Waals surface area (Å²) in [7, 11) is 0. The Morgan fingerprint density at radius 3 is 1.73 bits per heavy atom. The molecule has 1 spiro atoms. The number of benzene rings is 10. The van der Waals surface area contributed by atoms with Gasteiger partial charge in [0.2, 0.25) is 0 Å². The molecule has 10 aromatic carbocycles. The average Bonchev–Trinajstić information content (AvgIpc) is 4.34. The van der Waals surface area contributed by atoms with E-state index in [4.69, 9.17) is 0 Å².